The number of benzene rings is 2. The third-order valence-electron chi connectivity index (χ3n) is 4.29. The lowest BCUT2D eigenvalue weighted by molar-refractivity contribution is 0.0946. The molecular formula is C20H24N6O. The van der Waals surface area contributed by atoms with Crippen molar-refractivity contribution < 1.29 is 4.79 Å². The highest BCUT2D eigenvalue weighted by Crippen LogP contribution is 2.18. The molecule has 7 heteroatoms. The van der Waals surface area contributed by atoms with Gasteiger partial charge in [-0.25, -0.2) is 0 Å². The quantitative estimate of drug-likeness (QED) is 0.600. The van der Waals surface area contributed by atoms with Crippen molar-refractivity contribution in [3.05, 3.63) is 65.4 Å². The molecule has 0 spiro atoms. The fourth-order valence-corrected chi connectivity index (χ4v) is 2.61. The molecule has 1 aromatic heterocycles. The Bertz CT molecular complexity index is 884. The fraction of sp³-hybridized carbons (Fsp3) is 0.250. The van der Waals surface area contributed by atoms with E-state index in [9.17, 15) is 4.79 Å². The van der Waals surface area contributed by atoms with E-state index in [0.29, 0.717) is 12.4 Å². The molecule has 7 nitrogen and oxygen atoms in total. The van der Waals surface area contributed by atoms with E-state index in [1.54, 1.807) is 0 Å². The molecule has 0 aliphatic rings. The van der Waals surface area contributed by atoms with E-state index in [2.05, 4.69) is 33.0 Å². The third kappa shape index (κ3) is 4.63. The average Bonchev–Trinajstić information content (AvgIpc) is 3.15. The maximum Gasteiger partial charge on any atom is 0.275 e. The van der Waals surface area contributed by atoms with Crippen LogP contribution in [0.3, 0.4) is 0 Å². The minimum Gasteiger partial charge on any atom is -0.378 e. The number of carbonyl (C=O) groups is 1. The Kier molecular flexibility index (Phi) is 5.71. The van der Waals surface area contributed by atoms with Gasteiger partial charge in [-0.1, -0.05) is 31.2 Å². The zero-order valence-corrected chi connectivity index (χ0v) is 15.8. The van der Waals surface area contributed by atoms with Crippen LogP contribution in [0.15, 0.2) is 48.5 Å². The minimum atomic E-state index is -0.284. The van der Waals surface area contributed by atoms with Crippen LogP contribution >= 0.6 is 0 Å². The lowest BCUT2D eigenvalue weighted by atomic mass is 10.1. The zero-order valence-electron chi connectivity index (χ0n) is 15.8. The molecule has 3 aromatic rings. The standard InChI is InChI=1S/C20H24N6O/c1-4-14-5-9-16(10-6-14)22-19-18(23-25-24-19)20(27)21-13-15-7-11-17(12-8-15)26(2)3/h5-12H,4,13H2,1-3H3,(H,21,27)(H2,22,23,24,25). The minimum absolute atomic E-state index is 0.236. The predicted octanol–water partition coefficient (Wildman–Crippen LogP) is 3.11. The van der Waals surface area contributed by atoms with Crippen molar-refractivity contribution in [3.8, 4) is 0 Å². The smallest absolute Gasteiger partial charge is 0.275 e. The number of aromatic amines is 1. The molecule has 0 unspecified atom stereocenters. The molecule has 0 bridgehead atoms. The topological polar surface area (TPSA) is 85.9 Å². The number of H-pyrrole nitrogens is 1. The highest BCUT2D eigenvalue weighted by molar-refractivity contribution is 5.97. The monoisotopic (exact) mass is 364 g/mol. The molecule has 3 rings (SSSR count). The Balaban J connectivity index is 1.62. The molecular weight excluding hydrogens is 340 g/mol. The van der Waals surface area contributed by atoms with Gasteiger partial charge in [-0.05, 0) is 41.8 Å². The van der Waals surface area contributed by atoms with Gasteiger partial charge in [0.1, 0.15) is 0 Å². The van der Waals surface area contributed by atoms with Gasteiger partial charge in [-0.3, -0.25) is 4.79 Å². The summed E-state index contributed by atoms with van der Waals surface area (Å²) in [6.07, 6.45) is 0.980. The van der Waals surface area contributed by atoms with E-state index in [-0.39, 0.29) is 11.6 Å². The maximum absolute atomic E-state index is 12.5. The Morgan fingerprint density at radius 2 is 1.67 bits per heavy atom. The van der Waals surface area contributed by atoms with Crippen LogP contribution in [-0.4, -0.2) is 35.4 Å². The summed E-state index contributed by atoms with van der Waals surface area (Å²) in [5, 5.41) is 16.5. The van der Waals surface area contributed by atoms with Gasteiger partial charge < -0.3 is 15.5 Å². The van der Waals surface area contributed by atoms with E-state index >= 15 is 0 Å². The van der Waals surface area contributed by atoms with E-state index in [1.165, 1.54) is 5.56 Å². The number of hydrogen-bond donors (Lipinski definition) is 3. The van der Waals surface area contributed by atoms with Gasteiger partial charge in [0.05, 0.1) is 0 Å². The molecule has 0 atom stereocenters. The molecule has 2 aromatic carbocycles. The van der Waals surface area contributed by atoms with Crippen LogP contribution in [0.25, 0.3) is 0 Å². The fourth-order valence-electron chi connectivity index (χ4n) is 2.61. The molecule has 0 fully saturated rings. The zero-order chi connectivity index (χ0) is 19.2. The molecule has 0 radical (unpaired) electrons. The summed E-state index contributed by atoms with van der Waals surface area (Å²) >= 11 is 0. The Morgan fingerprint density at radius 3 is 2.30 bits per heavy atom. The summed E-state index contributed by atoms with van der Waals surface area (Å²) in [6.45, 7) is 2.53. The number of amides is 1. The Labute approximate surface area is 158 Å². The molecule has 0 saturated heterocycles. The van der Waals surface area contributed by atoms with E-state index < -0.39 is 0 Å². The van der Waals surface area contributed by atoms with Crippen LogP contribution in [0.4, 0.5) is 17.2 Å². The lowest BCUT2D eigenvalue weighted by Crippen LogP contribution is -2.24. The number of nitrogens with one attached hydrogen (secondary N) is 3. The maximum atomic E-state index is 12.5. The van der Waals surface area contributed by atoms with E-state index in [0.717, 1.165) is 23.4 Å². The number of hydrogen-bond acceptors (Lipinski definition) is 5. The summed E-state index contributed by atoms with van der Waals surface area (Å²) < 4.78 is 0. The van der Waals surface area contributed by atoms with Crippen LogP contribution in [0.5, 0.6) is 0 Å². The van der Waals surface area contributed by atoms with Crippen molar-refractivity contribution >= 4 is 23.1 Å². The van der Waals surface area contributed by atoms with Crippen LogP contribution < -0.4 is 15.5 Å². The van der Waals surface area contributed by atoms with E-state index in [4.69, 9.17) is 0 Å². The number of aryl methyl sites for hydroxylation is 1. The number of aromatic nitrogens is 3. The molecule has 3 N–H and O–H groups in total. The Morgan fingerprint density at radius 1 is 1.00 bits per heavy atom. The molecule has 27 heavy (non-hydrogen) atoms. The van der Waals surface area contributed by atoms with Crippen LogP contribution in [0, 0.1) is 0 Å². The summed E-state index contributed by atoms with van der Waals surface area (Å²) in [5.74, 6) is 0.118. The third-order valence-corrected chi connectivity index (χ3v) is 4.29. The number of nitrogens with zero attached hydrogens (tertiary/aromatic N) is 3. The lowest BCUT2D eigenvalue weighted by Gasteiger charge is -2.12. The van der Waals surface area contributed by atoms with Crippen molar-refractivity contribution in [3.63, 3.8) is 0 Å². The van der Waals surface area contributed by atoms with Crippen LogP contribution in [0.2, 0.25) is 0 Å². The largest absolute Gasteiger partial charge is 0.378 e. The van der Waals surface area contributed by atoms with Crippen molar-refractivity contribution in [1.82, 2.24) is 20.7 Å². The number of rotatable bonds is 7. The first kappa shape index (κ1) is 18.4. The summed E-state index contributed by atoms with van der Waals surface area (Å²) in [4.78, 5) is 14.5. The number of anilines is 3. The van der Waals surface area contributed by atoms with Gasteiger partial charge in [-0.2, -0.15) is 5.21 Å². The van der Waals surface area contributed by atoms with Crippen molar-refractivity contribution in [2.75, 3.05) is 24.3 Å². The molecule has 0 aliphatic carbocycles. The first-order valence-electron chi connectivity index (χ1n) is 8.88. The summed E-state index contributed by atoms with van der Waals surface area (Å²) in [5.41, 5.74) is 4.47. The predicted molar refractivity (Wildman–Crippen MR) is 107 cm³/mol. The van der Waals surface area contributed by atoms with Gasteiger partial charge in [0, 0.05) is 32.0 Å². The average molecular weight is 364 g/mol. The second-order valence-corrected chi connectivity index (χ2v) is 6.44. The van der Waals surface area contributed by atoms with Crippen molar-refractivity contribution in [2.24, 2.45) is 0 Å². The first-order valence-corrected chi connectivity index (χ1v) is 8.88. The van der Waals surface area contributed by atoms with Gasteiger partial charge in [0.15, 0.2) is 11.5 Å². The van der Waals surface area contributed by atoms with Gasteiger partial charge in [0.25, 0.3) is 5.91 Å². The van der Waals surface area contributed by atoms with Crippen molar-refractivity contribution in [2.45, 2.75) is 19.9 Å². The van der Waals surface area contributed by atoms with E-state index in [1.807, 2.05) is 67.5 Å². The second kappa shape index (κ2) is 8.35. The molecule has 0 saturated carbocycles. The Hall–Kier alpha value is -3.35. The second-order valence-electron chi connectivity index (χ2n) is 6.44. The number of carbonyl (C=O) groups excluding carboxylic acids is 1. The van der Waals surface area contributed by atoms with Crippen molar-refractivity contribution in [1.29, 1.82) is 0 Å². The highest BCUT2D eigenvalue weighted by atomic mass is 16.2. The molecule has 1 heterocycles. The molecule has 0 aliphatic heterocycles. The summed E-state index contributed by atoms with van der Waals surface area (Å²) in [7, 11) is 3.98. The normalized spacial score (nSPS) is 10.5. The van der Waals surface area contributed by atoms with Gasteiger partial charge >= 0.3 is 0 Å². The van der Waals surface area contributed by atoms with Gasteiger partial charge in [-0.15, -0.1) is 10.2 Å². The first-order chi connectivity index (χ1) is 13.1. The highest BCUT2D eigenvalue weighted by Gasteiger charge is 2.16. The van der Waals surface area contributed by atoms with Crippen LogP contribution in [0.1, 0.15) is 28.5 Å². The molecule has 1 amide bonds. The molecule has 140 valence electrons. The summed E-state index contributed by atoms with van der Waals surface area (Å²) in [6, 6.07) is 16.0. The van der Waals surface area contributed by atoms with Crippen LogP contribution in [-0.2, 0) is 13.0 Å². The van der Waals surface area contributed by atoms with Gasteiger partial charge in [0.2, 0.25) is 0 Å². The SMILES string of the molecule is CCc1ccc(Nc2n[nH]nc2C(=O)NCc2ccc(N(C)C)cc2)cc1.